The van der Waals surface area contributed by atoms with Crippen LogP contribution in [0, 0.1) is 0 Å². The van der Waals surface area contributed by atoms with E-state index in [1.165, 1.54) is 12.1 Å². The largest absolute Gasteiger partial charge is 0.298 e. The fourth-order valence-corrected chi connectivity index (χ4v) is 1.63. The number of carbonyl (C=O) groups excluding carboxylic acids is 1. The molecule has 0 heterocycles. The summed E-state index contributed by atoms with van der Waals surface area (Å²) < 4.78 is 29.6. The summed E-state index contributed by atoms with van der Waals surface area (Å²) in [7, 11) is -4.07. The van der Waals surface area contributed by atoms with Crippen LogP contribution >= 0.6 is 0 Å². The van der Waals surface area contributed by atoms with Gasteiger partial charge in [-0.2, -0.15) is 8.42 Å². The van der Waals surface area contributed by atoms with E-state index in [0.29, 0.717) is 11.8 Å². The topological polar surface area (TPSA) is 71.4 Å². The molecular weight excluding hydrogens is 215 g/mol. The van der Waals surface area contributed by atoms with Gasteiger partial charge >= 0.3 is 0 Å². The molecule has 0 bridgehead atoms. The number of rotatable bonds is 3. The van der Waals surface area contributed by atoms with Gasteiger partial charge in [0.2, 0.25) is 0 Å². The number of benzene rings is 1. The van der Waals surface area contributed by atoms with Crippen LogP contribution in [-0.2, 0) is 15.9 Å². The van der Waals surface area contributed by atoms with Gasteiger partial charge in [0, 0.05) is 35.1 Å². The zero-order valence-electron chi connectivity index (χ0n) is 7.67. The molecule has 0 aliphatic heterocycles. The van der Waals surface area contributed by atoms with Crippen molar-refractivity contribution >= 4 is 46.0 Å². The van der Waals surface area contributed by atoms with Gasteiger partial charge in [-0.05, 0) is 5.56 Å². The Labute approximate surface area is 104 Å². The molecule has 0 aromatic heterocycles. The average molecular weight is 223 g/mol. The van der Waals surface area contributed by atoms with E-state index in [0.717, 1.165) is 0 Å². The van der Waals surface area contributed by atoms with E-state index >= 15 is 0 Å². The minimum absolute atomic E-state index is 0. The molecule has 0 aliphatic rings. The van der Waals surface area contributed by atoms with Crippen LogP contribution in [0.1, 0.15) is 15.9 Å². The third kappa shape index (κ3) is 4.34. The average Bonchev–Trinajstić information content (AvgIpc) is 2.02. The Kier molecular flexibility index (Phi) is 5.54. The normalized spacial score (nSPS) is 10.4. The molecule has 0 saturated carbocycles. The van der Waals surface area contributed by atoms with Crippen molar-refractivity contribution in [1.29, 1.82) is 0 Å². The molecule has 1 N–H and O–H groups in total. The van der Waals surface area contributed by atoms with E-state index < -0.39 is 15.9 Å². The van der Waals surface area contributed by atoms with Crippen LogP contribution in [0.15, 0.2) is 24.3 Å². The molecular formula is C8H8NaO4S. The predicted octanol–water partition coefficient (Wildman–Crippen LogP) is 0.506. The van der Waals surface area contributed by atoms with E-state index in [1.807, 2.05) is 0 Å². The summed E-state index contributed by atoms with van der Waals surface area (Å²) in [6, 6.07) is 6.20. The summed E-state index contributed by atoms with van der Waals surface area (Å²) in [4.78, 5) is 10.4. The molecule has 6 heteroatoms. The molecule has 14 heavy (non-hydrogen) atoms. The van der Waals surface area contributed by atoms with Crippen molar-refractivity contribution in [2.75, 3.05) is 0 Å². The predicted molar refractivity (Wildman–Crippen MR) is 52.8 cm³/mol. The van der Waals surface area contributed by atoms with Gasteiger partial charge in [0.1, 0.15) is 12.0 Å². The molecule has 1 rings (SSSR count). The van der Waals surface area contributed by atoms with Crippen molar-refractivity contribution in [2.24, 2.45) is 0 Å². The SMILES string of the molecule is O=Cc1ccccc1CS(=O)(=O)O.[Na]. The van der Waals surface area contributed by atoms with Crippen LogP contribution in [0.5, 0.6) is 0 Å². The van der Waals surface area contributed by atoms with Gasteiger partial charge in [-0.15, -0.1) is 0 Å². The van der Waals surface area contributed by atoms with Gasteiger partial charge in [0.15, 0.2) is 0 Å². The molecule has 1 aromatic rings. The van der Waals surface area contributed by atoms with Crippen molar-refractivity contribution in [3.05, 3.63) is 35.4 Å². The zero-order valence-corrected chi connectivity index (χ0v) is 10.5. The molecule has 0 saturated heterocycles. The quantitative estimate of drug-likeness (QED) is 0.460. The summed E-state index contributed by atoms with van der Waals surface area (Å²) in [5.74, 6) is -0.526. The maximum Gasteiger partial charge on any atom is 0.269 e. The second kappa shape index (κ2) is 5.63. The molecule has 0 amide bonds. The maximum absolute atomic E-state index is 10.5. The first-order valence-corrected chi connectivity index (χ1v) is 5.12. The van der Waals surface area contributed by atoms with Gasteiger partial charge in [-0.1, -0.05) is 24.3 Å². The Morgan fingerprint density at radius 1 is 1.29 bits per heavy atom. The smallest absolute Gasteiger partial charge is 0.269 e. The number of aldehydes is 1. The Balaban J connectivity index is 0.00000169. The van der Waals surface area contributed by atoms with Crippen LogP contribution in [0.3, 0.4) is 0 Å². The fraction of sp³-hybridized carbons (Fsp3) is 0.125. The van der Waals surface area contributed by atoms with E-state index in [9.17, 15) is 13.2 Å². The number of hydrogen-bond donors (Lipinski definition) is 1. The first-order chi connectivity index (χ1) is 6.03. The molecule has 0 unspecified atom stereocenters. The number of carbonyl (C=O) groups is 1. The van der Waals surface area contributed by atoms with Crippen molar-refractivity contribution in [1.82, 2.24) is 0 Å². The zero-order chi connectivity index (χ0) is 9.90. The summed E-state index contributed by atoms with van der Waals surface area (Å²) in [5.41, 5.74) is 0.583. The van der Waals surface area contributed by atoms with Gasteiger partial charge in [0.05, 0.1) is 0 Å². The van der Waals surface area contributed by atoms with E-state index in [-0.39, 0.29) is 35.1 Å². The second-order valence-electron chi connectivity index (χ2n) is 2.54. The Bertz CT molecular complexity index is 413. The van der Waals surface area contributed by atoms with Crippen LogP contribution in [-0.4, -0.2) is 48.8 Å². The third-order valence-electron chi connectivity index (χ3n) is 1.52. The molecule has 0 atom stereocenters. The van der Waals surface area contributed by atoms with Crippen LogP contribution < -0.4 is 0 Å². The summed E-state index contributed by atoms with van der Waals surface area (Å²) in [6.45, 7) is 0. The van der Waals surface area contributed by atoms with Crippen LogP contribution in [0.25, 0.3) is 0 Å². The van der Waals surface area contributed by atoms with Crippen molar-refractivity contribution in [2.45, 2.75) is 5.75 Å². The standard InChI is InChI=1S/C8H8O4S.Na/c9-5-7-3-1-2-4-8(7)6-13(10,11)12;/h1-5H,6H2,(H,10,11,12);. The fourth-order valence-electron chi connectivity index (χ4n) is 0.977. The Morgan fingerprint density at radius 2 is 1.86 bits per heavy atom. The third-order valence-corrected chi connectivity index (χ3v) is 2.20. The second-order valence-corrected chi connectivity index (χ2v) is 4.00. The van der Waals surface area contributed by atoms with Gasteiger partial charge in [-0.25, -0.2) is 0 Å². The van der Waals surface area contributed by atoms with Gasteiger partial charge < -0.3 is 0 Å². The van der Waals surface area contributed by atoms with Gasteiger partial charge in [-0.3, -0.25) is 9.35 Å². The molecule has 0 fully saturated rings. The molecule has 0 aliphatic carbocycles. The maximum atomic E-state index is 10.5. The van der Waals surface area contributed by atoms with Crippen molar-refractivity contribution in [3.63, 3.8) is 0 Å². The number of hydrogen-bond acceptors (Lipinski definition) is 3. The van der Waals surface area contributed by atoms with Gasteiger partial charge in [0.25, 0.3) is 10.1 Å². The first kappa shape index (κ1) is 13.8. The Hall–Kier alpha value is -0.200. The van der Waals surface area contributed by atoms with Crippen molar-refractivity contribution < 1.29 is 17.8 Å². The summed E-state index contributed by atoms with van der Waals surface area (Å²) in [5, 5.41) is 0. The Morgan fingerprint density at radius 3 is 2.36 bits per heavy atom. The van der Waals surface area contributed by atoms with E-state index in [2.05, 4.69) is 0 Å². The summed E-state index contributed by atoms with van der Waals surface area (Å²) in [6.07, 6.45) is 0.556. The molecule has 1 aromatic carbocycles. The monoisotopic (exact) mass is 223 g/mol. The molecule has 0 spiro atoms. The van der Waals surface area contributed by atoms with Crippen molar-refractivity contribution in [3.8, 4) is 0 Å². The molecule has 4 nitrogen and oxygen atoms in total. The summed E-state index contributed by atoms with van der Waals surface area (Å²) >= 11 is 0. The van der Waals surface area contributed by atoms with Crippen LogP contribution in [0.2, 0.25) is 0 Å². The van der Waals surface area contributed by atoms with Crippen LogP contribution in [0.4, 0.5) is 0 Å². The minimum Gasteiger partial charge on any atom is -0.298 e. The molecule has 71 valence electrons. The minimum atomic E-state index is -4.07. The first-order valence-electron chi connectivity index (χ1n) is 3.51. The molecule has 1 radical (unpaired) electrons. The van der Waals surface area contributed by atoms with E-state index in [1.54, 1.807) is 12.1 Å². The van der Waals surface area contributed by atoms with E-state index in [4.69, 9.17) is 4.55 Å².